The smallest absolute Gasteiger partial charge is 0.127 e. The second-order valence-electron chi connectivity index (χ2n) is 9.08. The summed E-state index contributed by atoms with van der Waals surface area (Å²) in [6.07, 6.45) is 1.69. The van der Waals surface area contributed by atoms with Gasteiger partial charge in [-0.05, 0) is 62.7 Å². The predicted octanol–water partition coefficient (Wildman–Crippen LogP) is 4.09. The van der Waals surface area contributed by atoms with Crippen LogP contribution in [0.15, 0.2) is 42.5 Å². The van der Waals surface area contributed by atoms with Crippen molar-refractivity contribution in [1.82, 2.24) is 9.47 Å². The van der Waals surface area contributed by atoms with Gasteiger partial charge in [0.25, 0.3) is 0 Å². The number of benzene rings is 2. The number of aromatic nitrogens is 1. The number of anilines is 2. The van der Waals surface area contributed by atoms with E-state index in [9.17, 15) is 10.4 Å². The predicted molar refractivity (Wildman–Crippen MR) is 130 cm³/mol. The van der Waals surface area contributed by atoms with E-state index in [1.54, 1.807) is 0 Å². The van der Waals surface area contributed by atoms with Crippen LogP contribution in [0.4, 0.5) is 11.4 Å². The van der Waals surface area contributed by atoms with Crippen LogP contribution in [0.2, 0.25) is 0 Å². The Morgan fingerprint density at radius 1 is 1.09 bits per heavy atom. The largest absolute Gasteiger partial charge is 0.374 e. The zero-order chi connectivity index (χ0) is 22.2. The molecular formula is C26H31N5O. The van der Waals surface area contributed by atoms with Gasteiger partial charge in [-0.15, -0.1) is 0 Å². The molecule has 0 spiro atoms. The van der Waals surface area contributed by atoms with Gasteiger partial charge in [0.1, 0.15) is 12.3 Å². The lowest BCUT2D eigenvalue weighted by Gasteiger charge is -2.34. The van der Waals surface area contributed by atoms with Crippen molar-refractivity contribution >= 4 is 22.3 Å². The summed E-state index contributed by atoms with van der Waals surface area (Å²) in [5.74, 6) is 0.372. The highest BCUT2D eigenvalue weighted by Crippen LogP contribution is 2.37. The lowest BCUT2D eigenvalue weighted by Crippen LogP contribution is -2.44. The minimum atomic E-state index is -0.481. The molecule has 0 amide bonds. The number of likely N-dealkylation sites (N-methyl/N-ethyl adjacent to an activating group) is 1. The maximum atomic E-state index is 10.2. The van der Waals surface area contributed by atoms with Crippen molar-refractivity contribution in [1.29, 1.82) is 5.26 Å². The van der Waals surface area contributed by atoms with Crippen molar-refractivity contribution in [3.63, 3.8) is 0 Å². The van der Waals surface area contributed by atoms with Crippen LogP contribution >= 0.6 is 0 Å². The molecule has 2 heterocycles. The first kappa shape index (κ1) is 20.9. The molecule has 0 radical (unpaired) electrons. The number of fused-ring (bicyclic) bond motifs is 1. The van der Waals surface area contributed by atoms with Crippen LogP contribution in [0.1, 0.15) is 25.3 Å². The van der Waals surface area contributed by atoms with Gasteiger partial charge < -0.3 is 24.8 Å². The average Bonchev–Trinajstić information content (AvgIpc) is 3.62. The molecule has 1 aliphatic heterocycles. The molecule has 32 heavy (non-hydrogen) atoms. The van der Waals surface area contributed by atoms with Crippen molar-refractivity contribution in [2.45, 2.75) is 32.5 Å². The van der Waals surface area contributed by atoms with E-state index in [4.69, 9.17) is 0 Å². The third-order valence-electron chi connectivity index (χ3n) is 6.89. The van der Waals surface area contributed by atoms with E-state index in [-0.39, 0.29) is 0 Å². The Balaban J connectivity index is 1.51. The number of nitrogens with one attached hydrogen (secondary N) is 1. The van der Waals surface area contributed by atoms with Gasteiger partial charge in [0.2, 0.25) is 0 Å². The maximum absolute atomic E-state index is 10.2. The number of hydrogen-bond donors (Lipinski definition) is 2. The van der Waals surface area contributed by atoms with E-state index in [2.05, 4.69) is 57.9 Å². The first-order valence-electron chi connectivity index (χ1n) is 11.6. The maximum Gasteiger partial charge on any atom is 0.127 e. The van der Waals surface area contributed by atoms with Crippen molar-refractivity contribution < 1.29 is 5.11 Å². The van der Waals surface area contributed by atoms with Gasteiger partial charge in [-0.1, -0.05) is 12.1 Å². The summed E-state index contributed by atoms with van der Waals surface area (Å²) in [7, 11) is 2.17. The highest BCUT2D eigenvalue weighted by Gasteiger charge is 2.29. The van der Waals surface area contributed by atoms with E-state index in [1.807, 2.05) is 24.3 Å². The second-order valence-corrected chi connectivity index (χ2v) is 9.08. The molecule has 3 aromatic rings. The summed E-state index contributed by atoms with van der Waals surface area (Å²) >= 11 is 0. The molecule has 1 saturated carbocycles. The third-order valence-corrected chi connectivity index (χ3v) is 6.89. The number of aliphatic hydroxyl groups excluding tert-OH is 1. The van der Waals surface area contributed by atoms with Crippen molar-refractivity contribution in [2.24, 2.45) is 5.92 Å². The lowest BCUT2D eigenvalue weighted by atomic mass is 10.1. The Bertz CT molecular complexity index is 1150. The molecule has 6 nitrogen and oxygen atoms in total. The van der Waals surface area contributed by atoms with Gasteiger partial charge in [-0.25, -0.2) is 0 Å². The second kappa shape index (κ2) is 8.50. The van der Waals surface area contributed by atoms with Crippen LogP contribution in [0, 0.1) is 17.2 Å². The number of nitriles is 1. The summed E-state index contributed by atoms with van der Waals surface area (Å²) in [4.78, 5) is 4.79. The SMILES string of the molecule is CCn1c(-c2ccc(NC(O)C3CC3)cc2)c(C#N)c2ccc(N3CCN(C)CC3)cc21. The van der Waals surface area contributed by atoms with E-state index in [1.165, 1.54) is 5.69 Å². The summed E-state index contributed by atoms with van der Waals surface area (Å²) < 4.78 is 2.26. The normalized spacial score (nSPS) is 18.0. The van der Waals surface area contributed by atoms with Gasteiger partial charge in [-0.2, -0.15) is 5.26 Å². The van der Waals surface area contributed by atoms with Gasteiger partial charge >= 0.3 is 0 Å². The number of hydrogen-bond acceptors (Lipinski definition) is 5. The number of nitrogens with zero attached hydrogens (tertiary/aromatic N) is 4. The summed E-state index contributed by atoms with van der Waals surface area (Å²) in [6.45, 7) is 7.10. The molecule has 0 bridgehead atoms. The van der Waals surface area contributed by atoms with E-state index in [0.29, 0.717) is 5.92 Å². The lowest BCUT2D eigenvalue weighted by molar-refractivity contribution is 0.180. The first-order chi connectivity index (χ1) is 15.6. The Morgan fingerprint density at radius 3 is 2.44 bits per heavy atom. The van der Waals surface area contributed by atoms with Crippen molar-refractivity contribution in [3.8, 4) is 17.3 Å². The standard InChI is InChI=1S/C26H31N5O/c1-3-31-24-16-21(30-14-12-29(2)13-15-30)10-11-22(24)23(17-27)25(31)18-6-8-20(9-7-18)28-26(32)19-4-5-19/h6-11,16,19,26,28,32H,3-5,12-15H2,1-2H3. The highest BCUT2D eigenvalue weighted by atomic mass is 16.3. The van der Waals surface area contributed by atoms with Crippen LogP contribution in [-0.2, 0) is 6.54 Å². The van der Waals surface area contributed by atoms with E-state index in [0.717, 1.165) is 79.0 Å². The van der Waals surface area contributed by atoms with Crippen molar-refractivity contribution in [2.75, 3.05) is 43.4 Å². The molecule has 2 N–H and O–H groups in total. The zero-order valence-electron chi connectivity index (χ0n) is 18.9. The molecule has 2 fully saturated rings. The van der Waals surface area contributed by atoms with Gasteiger partial charge in [-0.3, -0.25) is 0 Å². The molecular weight excluding hydrogens is 398 g/mol. The van der Waals surface area contributed by atoms with E-state index >= 15 is 0 Å². The van der Waals surface area contributed by atoms with E-state index < -0.39 is 6.23 Å². The fraction of sp³-hybridized carbons (Fsp3) is 0.423. The summed E-state index contributed by atoms with van der Waals surface area (Å²) in [5, 5.41) is 24.4. The monoisotopic (exact) mass is 429 g/mol. The number of rotatable bonds is 6. The molecule has 5 rings (SSSR count). The molecule has 1 aliphatic carbocycles. The summed E-state index contributed by atoms with van der Waals surface area (Å²) in [6, 6.07) is 17.1. The van der Waals surface area contributed by atoms with Crippen LogP contribution in [-0.4, -0.2) is 54.0 Å². The zero-order valence-corrected chi connectivity index (χ0v) is 18.9. The molecule has 2 aliphatic rings. The van der Waals surface area contributed by atoms with Crippen LogP contribution < -0.4 is 10.2 Å². The number of aryl methyl sites for hydroxylation is 1. The average molecular weight is 430 g/mol. The Labute approximate surface area is 189 Å². The van der Waals surface area contributed by atoms with Gasteiger partial charge in [0.05, 0.1) is 16.8 Å². The third kappa shape index (κ3) is 3.83. The fourth-order valence-corrected chi connectivity index (χ4v) is 4.77. The Kier molecular flexibility index (Phi) is 5.54. The van der Waals surface area contributed by atoms with Crippen LogP contribution in [0.25, 0.3) is 22.2 Å². The van der Waals surface area contributed by atoms with Crippen LogP contribution in [0.3, 0.4) is 0 Å². The van der Waals surface area contributed by atoms with Crippen molar-refractivity contribution in [3.05, 3.63) is 48.0 Å². The van der Waals surface area contributed by atoms with Gasteiger partial charge in [0, 0.05) is 55.4 Å². The molecule has 1 aromatic heterocycles. The number of aliphatic hydroxyl groups is 1. The highest BCUT2D eigenvalue weighted by molar-refractivity contribution is 5.96. The molecule has 1 unspecified atom stereocenters. The van der Waals surface area contributed by atoms with Gasteiger partial charge in [0.15, 0.2) is 0 Å². The molecule has 2 aromatic carbocycles. The molecule has 6 heteroatoms. The molecule has 1 saturated heterocycles. The molecule has 166 valence electrons. The minimum Gasteiger partial charge on any atom is -0.374 e. The number of piperazine rings is 1. The fourth-order valence-electron chi connectivity index (χ4n) is 4.77. The molecule has 1 atom stereocenters. The minimum absolute atomic E-state index is 0.372. The first-order valence-corrected chi connectivity index (χ1v) is 11.6. The van der Waals surface area contributed by atoms with Crippen LogP contribution in [0.5, 0.6) is 0 Å². The quantitative estimate of drug-likeness (QED) is 0.578. The Morgan fingerprint density at radius 2 is 1.81 bits per heavy atom. The Hall–Kier alpha value is -3.01. The topological polar surface area (TPSA) is 67.5 Å². The summed E-state index contributed by atoms with van der Waals surface area (Å²) in [5.41, 5.74) is 5.96.